The lowest BCUT2D eigenvalue weighted by atomic mass is 9.82. The topological polar surface area (TPSA) is 64.5 Å². The van der Waals surface area contributed by atoms with E-state index in [2.05, 4.69) is 191 Å². The fourth-order valence-corrected chi connectivity index (χ4v) is 10.2. The third-order valence-corrected chi connectivity index (χ3v) is 13.4. The van der Waals surface area contributed by atoms with E-state index in [9.17, 15) is 0 Å². The Morgan fingerprint density at radius 1 is 0.323 bits per heavy atom. The number of fused-ring (bicyclic) bond motifs is 8. The Morgan fingerprint density at radius 2 is 0.710 bits per heavy atom. The van der Waals surface area contributed by atoms with Crippen LogP contribution >= 0.6 is 0 Å². The van der Waals surface area contributed by atoms with Crippen LogP contribution in [0.1, 0.15) is 49.9 Å². The minimum atomic E-state index is -0.179. The van der Waals surface area contributed by atoms with Crippen molar-refractivity contribution in [3.8, 4) is 78.9 Å². The maximum Gasteiger partial charge on any atom is 0.164 e. The lowest BCUT2D eigenvalue weighted by molar-refractivity contribution is 0.660. The van der Waals surface area contributed by atoms with Gasteiger partial charge in [0.2, 0.25) is 0 Å². The Balaban J connectivity index is 1.10. The van der Waals surface area contributed by atoms with Gasteiger partial charge in [-0.05, 0) is 97.7 Å². The van der Waals surface area contributed by atoms with Crippen LogP contribution in [0.25, 0.3) is 100 Å². The predicted octanol–water partition coefficient (Wildman–Crippen LogP) is 13.9. The van der Waals surface area contributed by atoms with Crippen molar-refractivity contribution in [3.63, 3.8) is 0 Å². The zero-order valence-corrected chi connectivity index (χ0v) is 35.0. The molecule has 0 unspecified atom stereocenters. The zero-order valence-electron chi connectivity index (χ0n) is 35.0. The van der Waals surface area contributed by atoms with Gasteiger partial charge >= 0.3 is 0 Å². The smallest absolute Gasteiger partial charge is 0.164 e. The van der Waals surface area contributed by atoms with Gasteiger partial charge in [0, 0.05) is 61.8 Å². The van der Waals surface area contributed by atoms with Crippen molar-refractivity contribution in [2.45, 2.75) is 38.5 Å². The van der Waals surface area contributed by atoms with Crippen molar-refractivity contribution < 1.29 is 0 Å². The van der Waals surface area contributed by atoms with E-state index in [0.717, 1.165) is 60.8 Å². The van der Waals surface area contributed by atoms with Crippen LogP contribution in [0.5, 0.6) is 0 Å². The highest BCUT2D eigenvalue weighted by molar-refractivity contribution is 5.99. The number of pyridine rings is 2. The first-order valence-electron chi connectivity index (χ1n) is 21.3. The van der Waals surface area contributed by atoms with Gasteiger partial charge in [0.25, 0.3) is 0 Å². The molecular formula is C57H41N5. The van der Waals surface area contributed by atoms with E-state index < -0.39 is 0 Å². The molecule has 10 aromatic rings. The summed E-state index contributed by atoms with van der Waals surface area (Å²) in [4.78, 5) is 26.1. The fraction of sp³-hybridized carbons (Fsp3) is 0.105. The summed E-state index contributed by atoms with van der Waals surface area (Å²) < 4.78 is 0. The van der Waals surface area contributed by atoms with E-state index >= 15 is 0 Å². The second-order valence-electron chi connectivity index (χ2n) is 17.7. The van der Waals surface area contributed by atoms with Gasteiger partial charge in [-0.25, -0.2) is 15.0 Å². The van der Waals surface area contributed by atoms with E-state index in [4.69, 9.17) is 24.9 Å². The SMILES string of the molecule is CC1(C)c2ccccc2-c2ccc(-c3nc(-c4cc(-c5nccc6ccccc56)cc(-c5nccc6ccccc56)c4)nc(-c4ccc5c(c4)C(C)(C)c4ccccc4-5)n3)cc21. The number of aromatic nitrogens is 5. The summed E-state index contributed by atoms with van der Waals surface area (Å²) in [6, 6.07) is 58.4. The van der Waals surface area contributed by atoms with Gasteiger partial charge < -0.3 is 0 Å². The molecule has 0 aliphatic heterocycles. The van der Waals surface area contributed by atoms with Crippen LogP contribution in [0.2, 0.25) is 0 Å². The molecular weight excluding hydrogens is 755 g/mol. The van der Waals surface area contributed by atoms with Crippen LogP contribution < -0.4 is 0 Å². The van der Waals surface area contributed by atoms with Gasteiger partial charge in [0.1, 0.15) is 0 Å². The minimum Gasteiger partial charge on any atom is -0.256 e. The third kappa shape index (κ3) is 5.51. The molecule has 0 atom stereocenters. The van der Waals surface area contributed by atoms with Gasteiger partial charge in [0.15, 0.2) is 17.5 Å². The summed E-state index contributed by atoms with van der Waals surface area (Å²) in [7, 11) is 0. The van der Waals surface area contributed by atoms with Crippen molar-refractivity contribution in [2.24, 2.45) is 0 Å². The summed E-state index contributed by atoms with van der Waals surface area (Å²) in [6.45, 7) is 9.24. The molecule has 294 valence electrons. The van der Waals surface area contributed by atoms with Gasteiger partial charge in [0.05, 0.1) is 11.4 Å². The van der Waals surface area contributed by atoms with Crippen molar-refractivity contribution in [2.75, 3.05) is 0 Å². The summed E-state index contributed by atoms with van der Waals surface area (Å²) in [5, 5.41) is 4.40. The van der Waals surface area contributed by atoms with Crippen LogP contribution in [0.4, 0.5) is 0 Å². The lowest BCUT2D eigenvalue weighted by Gasteiger charge is -2.22. The van der Waals surface area contributed by atoms with E-state index in [-0.39, 0.29) is 10.8 Å². The van der Waals surface area contributed by atoms with Gasteiger partial charge in [-0.3, -0.25) is 9.97 Å². The molecule has 0 fully saturated rings. The Labute approximate surface area is 360 Å². The first-order valence-corrected chi connectivity index (χ1v) is 21.3. The highest BCUT2D eigenvalue weighted by atomic mass is 15.0. The molecule has 2 aliphatic carbocycles. The first kappa shape index (κ1) is 36.2. The molecule has 0 N–H and O–H groups in total. The quantitative estimate of drug-likeness (QED) is 0.174. The van der Waals surface area contributed by atoms with Crippen molar-refractivity contribution in [1.29, 1.82) is 0 Å². The molecule has 3 aromatic heterocycles. The number of hydrogen-bond acceptors (Lipinski definition) is 5. The van der Waals surface area contributed by atoms with Gasteiger partial charge in [-0.1, -0.05) is 149 Å². The maximum atomic E-state index is 5.39. The third-order valence-electron chi connectivity index (χ3n) is 13.4. The molecule has 0 radical (unpaired) electrons. The molecule has 62 heavy (non-hydrogen) atoms. The number of benzene rings is 7. The average molecular weight is 796 g/mol. The number of nitrogens with zero attached hydrogens (tertiary/aromatic N) is 5. The minimum absolute atomic E-state index is 0.179. The highest BCUT2D eigenvalue weighted by Gasteiger charge is 2.37. The maximum absolute atomic E-state index is 5.39. The standard InChI is InChI=1S/C57H41N5/c1-56(2)47-19-11-9-17-43(47)45-23-21-36(32-49(45)56)53-60-54(37-22-24-46-44-18-10-12-20-48(44)57(3,4)50(46)33-37)62-55(61-53)40-30-38(51-41-15-7-5-13-34(41)25-27-58-51)29-39(31-40)52-42-16-8-6-14-35(42)26-28-59-52/h5-33H,1-4H3. The van der Waals surface area contributed by atoms with Crippen LogP contribution in [-0.2, 0) is 10.8 Å². The van der Waals surface area contributed by atoms with Crippen LogP contribution in [0.3, 0.4) is 0 Å². The molecule has 0 amide bonds. The summed E-state index contributed by atoms with van der Waals surface area (Å²) in [6.07, 6.45) is 3.78. The summed E-state index contributed by atoms with van der Waals surface area (Å²) >= 11 is 0. The number of rotatable bonds is 5. The van der Waals surface area contributed by atoms with E-state index in [1.807, 2.05) is 12.4 Å². The second kappa shape index (κ2) is 13.4. The van der Waals surface area contributed by atoms with Crippen molar-refractivity contribution in [3.05, 3.63) is 198 Å². The van der Waals surface area contributed by atoms with Crippen LogP contribution in [0.15, 0.2) is 176 Å². The summed E-state index contributed by atoms with van der Waals surface area (Å²) in [5.74, 6) is 1.84. The molecule has 3 heterocycles. The van der Waals surface area contributed by atoms with Gasteiger partial charge in [-0.2, -0.15) is 0 Å². The fourth-order valence-electron chi connectivity index (χ4n) is 10.2. The van der Waals surface area contributed by atoms with Crippen molar-refractivity contribution in [1.82, 2.24) is 24.9 Å². The lowest BCUT2D eigenvalue weighted by Crippen LogP contribution is -2.15. The van der Waals surface area contributed by atoms with Crippen LogP contribution in [-0.4, -0.2) is 24.9 Å². The normalized spacial score (nSPS) is 14.1. The van der Waals surface area contributed by atoms with E-state index in [1.165, 1.54) is 44.5 Å². The summed E-state index contributed by atoms with van der Waals surface area (Å²) in [5.41, 5.74) is 16.4. The Bertz CT molecular complexity index is 3260. The Hall–Kier alpha value is -7.63. The average Bonchev–Trinajstić information content (AvgIpc) is 3.69. The van der Waals surface area contributed by atoms with Crippen LogP contribution in [0, 0.1) is 0 Å². The van der Waals surface area contributed by atoms with E-state index in [1.54, 1.807) is 0 Å². The molecule has 5 heteroatoms. The monoisotopic (exact) mass is 795 g/mol. The zero-order chi connectivity index (χ0) is 41.7. The second-order valence-corrected chi connectivity index (χ2v) is 17.7. The molecule has 0 spiro atoms. The predicted molar refractivity (Wildman–Crippen MR) is 253 cm³/mol. The Kier molecular flexibility index (Phi) is 7.85. The molecule has 12 rings (SSSR count). The number of hydrogen-bond donors (Lipinski definition) is 0. The highest BCUT2D eigenvalue weighted by Crippen LogP contribution is 2.51. The van der Waals surface area contributed by atoms with Crippen molar-refractivity contribution >= 4 is 21.5 Å². The molecule has 2 aliphatic rings. The first-order chi connectivity index (χ1) is 30.2. The molecule has 0 saturated heterocycles. The largest absolute Gasteiger partial charge is 0.256 e. The Morgan fingerprint density at radius 3 is 1.19 bits per heavy atom. The van der Waals surface area contributed by atoms with E-state index in [0.29, 0.717) is 17.5 Å². The molecule has 0 saturated carbocycles. The van der Waals surface area contributed by atoms with Gasteiger partial charge in [-0.15, -0.1) is 0 Å². The molecule has 0 bridgehead atoms. The molecule has 7 aromatic carbocycles. The molecule has 5 nitrogen and oxygen atoms in total.